The Morgan fingerprint density at radius 1 is 1.03 bits per heavy atom. The third-order valence-electron chi connectivity index (χ3n) is 5.03. The molecular weight excluding hydrogens is 511 g/mol. The van der Waals surface area contributed by atoms with Gasteiger partial charge < -0.3 is 16.0 Å². The van der Waals surface area contributed by atoms with Crippen molar-refractivity contribution in [3.05, 3.63) is 83.4 Å². The van der Waals surface area contributed by atoms with Gasteiger partial charge in [0.15, 0.2) is 5.11 Å². The van der Waals surface area contributed by atoms with Gasteiger partial charge in [-0.1, -0.05) is 23.7 Å². The minimum Gasteiger partial charge on any atom is -0.362 e. The lowest BCUT2D eigenvalue weighted by molar-refractivity contribution is 0.597. The molecule has 4 rings (SSSR count). The lowest BCUT2D eigenvalue weighted by Gasteiger charge is -2.13. The number of nitrogens with one attached hydrogen (secondary N) is 3. The van der Waals surface area contributed by atoms with E-state index in [-0.39, 0.29) is 9.92 Å². The fraction of sp³-hybridized carbons (Fsp3) is 0.0870. The third kappa shape index (κ3) is 6.40. The van der Waals surface area contributed by atoms with Gasteiger partial charge in [-0.2, -0.15) is 0 Å². The summed E-state index contributed by atoms with van der Waals surface area (Å²) >= 11 is 11.3. The quantitative estimate of drug-likeness (QED) is 0.260. The van der Waals surface area contributed by atoms with Gasteiger partial charge in [0, 0.05) is 23.3 Å². The van der Waals surface area contributed by atoms with Gasteiger partial charge >= 0.3 is 0 Å². The summed E-state index contributed by atoms with van der Waals surface area (Å²) in [6.45, 7) is 0.537. The fourth-order valence-electron chi connectivity index (χ4n) is 3.29. The molecule has 0 spiro atoms. The van der Waals surface area contributed by atoms with Gasteiger partial charge in [-0.15, -0.1) is 0 Å². The molecule has 0 aliphatic carbocycles. The number of thiocarbonyl (C=S) groups is 1. The second kappa shape index (κ2) is 10.5. The van der Waals surface area contributed by atoms with E-state index in [9.17, 15) is 12.8 Å². The minimum absolute atomic E-state index is 0.00694. The normalized spacial score (nSPS) is 11.3. The molecule has 0 fully saturated rings. The molecule has 0 saturated heterocycles. The van der Waals surface area contributed by atoms with E-state index in [0.717, 1.165) is 16.6 Å². The largest absolute Gasteiger partial charge is 0.362 e. The Bertz CT molecular complexity index is 1500. The topological polar surface area (TPSA) is 122 Å². The van der Waals surface area contributed by atoms with Crippen molar-refractivity contribution in [2.45, 2.75) is 11.3 Å². The van der Waals surface area contributed by atoms with Crippen LogP contribution >= 0.6 is 23.8 Å². The van der Waals surface area contributed by atoms with Crippen molar-refractivity contribution in [1.29, 1.82) is 0 Å². The zero-order valence-corrected chi connectivity index (χ0v) is 20.5. The highest BCUT2D eigenvalue weighted by molar-refractivity contribution is 7.89. The van der Waals surface area contributed by atoms with Crippen molar-refractivity contribution >= 4 is 67.1 Å². The Kier molecular flexibility index (Phi) is 7.41. The molecule has 5 N–H and O–H groups in total. The number of rotatable bonds is 7. The van der Waals surface area contributed by atoms with Crippen molar-refractivity contribution in [3.63, 3.8) is 0 Å². The maximum absolute atomic E-state index is 13.5. The van der Waals surface area contributed by atoms with Gasteiger partial charge in [-0.3, -0.25) is 0 Å². The molecular formula is C23H20ClFN6O2S2. The zero-order valence-electron chi connectivity index (χ0n) is 18.1. The summed E-state index contributed by atoms with van der Waals surface area (Å²) in [6.07, 6.45) is 2.07. The van der Waals surface area contributed by atoms with Gasteiger partial charge in [0.05, 0.1) is 15.4 Å². The van der Waals surface area contributed by atoms with Crippen LogP contribution in [0, 0.1) is 5.82 Å². The molecule has 0 aliphatic rings. The number of halogens is 2. The van der Waals surface area contributed by atoms with E-state index in [1.807, 2.05) is 18.2 Å². The molecule has 0 bridgehead atoms. The summed E-state index contributed by atoms with van der Waals surface area (Å²) in [6, 6.07) is 16.2. The molecule has 180 valence electrons. The van der Waals surface area contributed by atoms with Crippen LogP contribution in [0.4, 0.5) is 21.6 Å². The van der Waals surface area contributed by atoms with Gasteiger partial charge in [-0.05, 0) is 72.7 Å². The predicted molar refractivity (Wildman–Crippen MR) is 140 cm³/mol. The Labute approximate surface area is 211 Å². The molecule has 0 amide bonds. The molecule has 0 aliphatic heterocycles. The van der Waals surface area contributed by atoms with E-state index in [4.69, 9.17) is 29.0 Å². The number of fused-ring (bicyclic) bond motifs is 1. The Balaban J connectivity index is 1.40. The second-order valence-electron chi connectivity index (χ2n) is 7.53. The standard InChI is InChI=1S/C23H20ClFN6O2S2/c24-19-12-16(3-7-20(19)25)30-22-18-11-15(4-8-21(18)28-13-29-22)31-23(34)27-10-9-14-1-5-17(6-2-14)35(26,32)33/h1-8,11-13H,9-10H2,(H2,26,32,33)(H2,27,31,34)(H,28,29,30). The van der Waals surface area contributed by atoms with Crippen molar-refractivity contribution < 1.29 is 12.8 Å². The highest BCUT2D eigenvalue weighted by Gasteiger charge is 2.09. The van der Waals surface area contributed by atoms with Crippen LogP contribution in [0.3, 0.4) is 0 Å². The van der Waals surface area contributed by atoms with E-state index in [1.165, 1.54) is 30.6 Å². The van der Waals surface area contributed by atoms with Crippen LogP contribution in [0.15, 0.2) is 71.9 Å². The van der Waals surface area contributed by atoms with Crippen molar-refractivity contribution in [2.75, 3.05) is 17.2 Å². The number of nitrogens with zero attached hydrogens (tertiary/aromatic N) is 2. The summed E-state index contributed by atoms with van der Waals surface area (Å²) in [7, 11) is -3.71. The summed E-state index contributed by atoms with van der Waals surface area (Å²) in [5.41, 5.74) is 2.96. The first-order chi connectivity index (χ1) is 16.7. The molecule has 0 saturated carbocycles. The predicted octanol–water partition coefficient (Wildman–Crippen LogP) is 4.34. The molecule has 4 aromatic rings. The Hall–Kier alpha value is -3.38. The van der Waals surface area contributed by atoms with Gasteiger partial charge in [-0.25, -0.2) is 27.9 Å². The van der Waals surface area contributed by atoms with Crippen LogP contribution in [0.5, 0.6) is 0 Å². The number of hydrogen-bond donors (Lipinski definition) is 4. The number of anilines is 3. The van der Waals surface area contributed by atoms with E-state index < -0.39 is 15.8 Å². The van der Waals surface area contributed by atoms with E-state index in [0.29, 0.717) is 35.1 Å². The van der Waals surface area contributed by atoms with Crippen molar-refractivity contribution in [3.8, 4) is 0 Å². The number of aromatic nitrogens is 2. The first kappa shape index (κ1) is 24.7. The number of hydrogen-bond acceptors (Lipinski definition) is 6. The highest BCUT2D eigenvalue weighted by atomic mass is 35.5. The first-order valence-electron chi connectivity index (χ1n) is 10.3. The molecule has 0 atom stereocenters. The summed E-state index contributed by atoms with van der Waals surface area (Å²) in [4.78, 5) is 8.65. The lowest BCUT2D eigenvalue weighted by atomic mass is 10.1. The average molecular weight is 531 g/mol. The van der Waals surface area contributed by atoms with Gasteiger partial charge in [0.2, 0.25) is 10.0 Å². The van der Waals surface area contributed by atoms with Crippen molar-refractivity contribution in [2.24, 2.45) is 5.14 Å². The lowest BCUT2D eigenvalue weighted by Crippen LogP contribution is -2.30. The molecule has 3 aromatic carbocycles. The fourth-order valence-corrected chi connectivity index (χ4v) is 4.20. The molecule has 1 heterocycles. The van der Waals surface area contributed by atoms with Crippen LogP contribution in [0.2, 0.25) is 5.02 Å². The monoisotopic (exact) mass is 530 g/mol. The van der Waals surface area contributed by atoms with Gasteiger partial charge in [0.25, 0.3) is 0 Å². The zero-order chi connectivity index (χ0) is 25.0. The average Bonchev–Trinajstić information content (AvgIpc) is 2.81. The van der Waals surface area contributed by atoms with Crippen LogP contribution < -0.4 is 21.1 Å². The second-order valence-corrected chi connectivity index (χ2v) is 9.90. The Morgan fingerprint density at radius 3 is 2.49 bits per heavy atom. The number of primary sulfonamides is 1. The van der Waals surface area contributed by atoms with Crippen LogP contribution in [0.25, 0.3) is 10.9 Å². The number of nitrogens with two attached hydrogens (primary N) is 1. The van der Waals surface area contributed by atoms with E-state index in [1.54, 1.807) is 18.2 Å². The molecule has 0 unspecified atom stereocenters. The maximum atomic E-state index is 13.5. The Morgan fingerprint density at radius 2 is 1.77 bits per heavy atom. The smallest absolute Gasteiger partial charge is 0.238 e. The third-order valence-corrected chi connectivity index (χ3v) is 6.49. The van der Waals surface area contributed by atoms with Crippen LogP contribution in [0.1, 0.15) is 5.56 Å². The SMILES string of the molecule is NS(=O)(=O)c1ccc(CCNC(=S)Nc2ccc3ncnc(Nc4ccc(F)c(Cl)c4)c3c2)cc1. The number of benzene rings is 3. The van der Waals surface area contributed by atoms with Crippen LogP contribution in [-0.2, 0) is 16.4 Å². The molecule has 8 nitrogen and oxygen atoms in total. The minimum atomic E-state index is -3.71. The highest BCUT2D eigenvalue weighted by Crippen LogP contribution is 2.27. The van der Waals surface area contributed by atoms with Crippen molar-refractivity contribution in [1.82, 2.24) is 15.3 Å². The number of sulfonamides is 1. The molecule has 12 heteroatoms. The summed E-state index contributed by atoms with van der Waals surface area (Å²) in [5.74, 6) is 0.0286. The molecule has 0 radical (unpaired) electrons. The van der Waals surface area contributed by atoms with E-state index >= 15 is 0 Å². The first-order valence-corrected chi connectivity index (χ1v) is 12.7. The molecule has 1 aromatic heterocycles. The van der Waals surface area contributed by atoms with Gasteiger partial charge in [0.1, 0.15) is 18.0 Å². The summed E-state index contributed by atoms with van der Waals surface area (Å²) < 4.78 is 36.2. The summed E-state index contributed by atoms with van der Waals surface area (Å²) in [5, 5.41) is 15.7. The van der Waals surface area contributed by atoms with E-state index in [2.05, 4.69) is 25.9 Å². The molecule has 35 heavy (non-hydrogen) atoms. The van der Waals surface area contributed by atoms with Crippen LogP contribution in [-0.4, -0.2) is 30.0 Å². The maximum Gasteiger partial charge on any atom is 0.238 e.